The van der Waals surface area contributed by atoms with E-state index in [0.29, 0.717) is 0 Å². The van der Waals surface area contributed by atoms with Crippen LogP contribution >= 0.6 is 23.2 Å². The second-order valence-electron chi connectivity index (χ2n) is 2.10. The van der Waals surface area contributed by atoms with Crippen molar-refractivity contribution in [1.29, 1.82) is 5.26 Å². The topological polar surface area (TPSA) is 36.7 Å². The molecule has 1 aromatic heterocycles. The summed E-state index contributed by atoms with van der Waals surface area (Å²) in [7, 11) is 0. The number of nitriles is 1. The number of rotatable bonds is 1. The summed E-state index contributed by atoms with van der Waals surface area (Å²) < 4.78 is 24.7. The van der Waals surface area contributed by atoms with Gasteiger partial charge in [0.1, 0.15) is 11.2 Å². The summed E-state index contributed by atoms with van der Waals surface area (Å²) in [5.41, 5.74) is -0.825. The first kappa shape index (κ1) is 10.2. The molecule has 0 atom stereocenters. The van der Waals surface area contributed by atoms with Crippen molar-refractivity contribution in [3.63, 3.8) is 0 Å². The van der Waals surface area contributed by atoms with Crippen LogP contribution in [0.1, 0.15) is 17.6 Å². The highest BCUT2D eigenvalue weighted by Gasteiger charge is 2.19. The number of pyridine rings is 1. The Bertz CT molecular complexity index is 373. The number of halogens is 4. The number of hydrogen-bond acceptors (Lipinski definition) is 2. The second kappa shape index (κ2) is 3.86. The van der Waals surface area contributed by atoms with Gasteiger partial charge in [-0.2, -0.15) is 5.26 Å². The monoisotopic (exact) mass is 222 g/mol. The van der Waals surface area contributed by atoms with Crippen LogP contribution in [0, 0.1) is 11.3 Å². The fraction of sp³-hybridized carbons (Fsp3) is 0.143. The molecule has 0 spiro atoms. The Morgan fingerprint density at radius 1 is 1.46 bits per heavy atom. The van der Waals surface area contributed by atoms with Crippen LogP contribution in [-0.2, 0) is 0 Å². The smallest absolute Gasteiger partial charge is 0.242 e. The second-order valence-corrected chi connectivity index (χ2v) is 2.84. The molecule has 0 fully saturated rings. The van der Waals surface area contributed by atoms with Crippen molar-refractivity contribution in [2.45, 2.75) is 6.43 Å². The number of aromatic nitrogens is 1. The minimum absolute atomic E-state index is 0.226. The largest absolute Gasteiger partial charge is 0.266 e. The van der Waals surface area contributed by atoms with Crippen molar-refractivity contribution in [2.24, 2.45) is 0 Å². The van der Waals surface area contributed by atoms with E-state index in [0.717, 1.165) is 6.20 Å². The number of hydrogen-bond donors (Lipinski definition) is 0. The van der Waals surface area contributed by atoms with Gasteiger partial charge in [0.2, 0.25) is 0 Å². The Morgan fingerprint density at radius 2 is 2.08 bits per heavy atom. The lowest BCUT2D eigenvalue weighted by atomic mass is 10.1. The average Bonchev–Trinajstić information content (AvgIpc) is 2.08. The molecule has 6 heteroatoms. The molecule has 0 aliphatic heterocycles. The highest BCUT2D eigenvalue weighted by atomic mass is 35.5. The van der Waals surface area contributed by atoms with Crippen molar-refractivity contribution in [1.82, 2.24) is 4.98 Å². The zero-order valence-electron chi connectivity index (χ0n) is 6.06. The van der Waals surface area contributed by atoms with Crippen molar-refractivity contribution in [3.05, 3.63) is 27.5 Å². The molecule has 1 aromatic rings. The van der Waals surface area contributed by atoms with Gasteiger partial charge in [-0.3, -0.25) is 0 Å². The van der Waals surface area contributed by atoms with E-state index in [-0.39, 0.29) is 15.7 Å². The molecule has 68 valence electrons. The van der Waals surface area contributed by atoms with Crippen LogP contribution in [0.25, 0.3) is 0 Å². The maximum absolute atomic E-state index is 12.3. The van der Waals surface area contributed by atoms with Crippen molar-refractivity contribution >= 4 is 23.2 Å². The Hall–Kier alpha value is -0.920. The molecule has 0 N–H and O–H groups in total. The third-order valence-electron chi connectivity index (χ3n) is 1.35. The van der Waals surface area contributed by atoms with Gasteiger partial charge < -0.3 is 0 Å². The third kappa shape index (κ3) is 1.87. The number of nitrogens with zero attached hydrogens (tertiary/aromatic N) is 2. The molecule has 0 amide bonds. The molecular weight excluding hydrogens is 221 g/mol. The molecule has 0 unspecified atom stereocenters. The molecule has 0 bridgehead atoms. The summed E-state index contributed by atoms with van der Waals surface area (Å²) in [5, 5.41) is 7.87. The summed E-state index contributed by atoms with van der Waals surface area (Å²) in [6.45, 7) is 0. The molecule has 0 aromatic carbocycles. The van der Waals surface area contributed by atoms with Crippen LogP contribution in [0.5, 0.6) is 0 Å². The van der Waals surface area contributed by atoms with E-state index < -0.39 is 12.0 Å². The first-order valence-electron chi connectivity index (χ1n) is 3.10. The van der Waals surface area contributed by atoms with Gasteiger partial charge >= 0.3 is 0 Å². The SMILES string of the molecule is N#Cc1cnc(Cl)c(Cl)c1C(F)F. The van der Waals surface area contributed by atoms with Crippen LogP contribution in [0.3, 0.4) is 0 Å². The first-order valence-corrected chi connectivity index (χ1v) is 3.85. The lowest BCUT2D eigenvalue weighted by Gasteiger charge is -2.05. The standard InChI is InChI=1S/C7H2Cl2F2N2/c8-5-4(7(10)11)3(1-12)2-13-6(5)9/h2,7H. The maximum Gasteiger partial charge on any atom is 0.266 e. The quantitative estimate of drug-likeness (QED) is 0.685. The zero-order chi connectivity index (χ0) is 10.0. The normalized spacial score (nSPS) is 10.2. The molecule has 0 aliphatic carbocycles. The molecule has 0 radical (unpaired) electrons. The van der Waals surface area contributed by atoms with E-state index in [1.807, 2.05) is 0 Å². The Kier molecular flexibility index (Phi) is 3.02. The van der Waals surface area contributed by atoms with Crippen LogP contribution in [0.2, 0.25) is 10.2 Å². The van der Waals surface area contributed by atoms with Gasteiger partial charge in [0.15, 0.2) is 0 Å². The average molecular weight is 223 g/mol. The third-order valence-corrected chi connectivity index (χ3v) is 2.12. The lowest BCUT2D eigenvalue weighted by Crippen LogP contribution is -1.94. The van der Waals surface area contributed by atoms with Crippen molar-refractivity contribution in [2.75, 3.05) is 0 Å². The van der Waals surface area contributed by atoms with E-state index >= 15 is 0 Å². The predicted molar refractivity (Wildman–Crippen MR) is 43.9 cm³/mol. The van der Waals surface area contributed by atoms with Crippen LogP contribution in [-0.4, -0.2) is 4.98 Å². The summed E-state index contributed by atoms with van der Waals surface area (Å²) in [6, 6.07) is 1.56. The van der Waals surface area contributed by atoms with Gasteiger partial charge in [-0.15, -0.1) is 0 Å². The minimum atomic E-state index is -2.83. The van der Waals surface area contributed by atoms with Crippen molar-refractivity contribution < 1.29 is 8.78 Å². The molecular formula is C7H2Cl2F2N2. The molecule has 13 heavy (non-hydrogen) atoms. The Labute approximate surface area is 82.7 Å². The van der Waals surface area contributed by atoms with E-state index in [1.165, 1.54) is 0 Å². The molecule has 1 rings (SSSR count). The highest BCUT2D eigenvalue weighted by molar-refractivity contribution is 6.41. The van der Waals surface area contributed by atoms with Gasteiger partial charge in [0.25, 0.3) is 6.43 Å². The van der Waals surface area contributed by atoms with E-state index in [4.69, 9.17) is 28.5 Å². The first-order chi connectivity index (χ1) is 6.07. The molecule has 0 aliphatic rings. The van der Waals surface area contributed by atoms with Gasteiger partial charge in [0, 0.05) is 6.20 Å². The van der Waals surface area contributed by atoms with Crippen LogP contribution in [0.15, 0.2) is 6.20 Å². The molecule has 0 saturated heterocycles. The van der Waals surface area contributed by atoms with Gasteiger partial charge in [-0.1, -0.05) is 23.2 Å². The summed E-state index contributed by atoms with van der Waals surface area (Å²) in [5.74, 6) is 0. The fourth-order valence-corrected chi connectivity index (χ4v) is 1.16. The van der Waals surface area contributed by atoms with Crippen LogP contribution in [0.4, 0.5) is 8.78 Å². The Morgan fingerprint density at radius 3 is 2.54 bits per heavy atom. The molecule has 1 heterocycles. The summed E-state index contributed by atoms with van der Waals surface area (Å²) in [6.07, 6.45) is -1.86. The van der Waals surface area contributed by atoms with Crippen molar-refractivity contribution in [3.8, 4) is 6.07 Å². The maximum atomic E-state index is 12.3. The zero-order valence-corrected chi connectivity index (χ0v) is 7.57. The van der Waals surface area contributed by atoms with E-state index in [1.54, 1.807) is 6.07 Å². The van der Waals surface area contributed by atoms with Crippen LogP contribution < -0.4 is 0 Å². The van der Waals surface area contributed by atoms with Gasteiger partial charge in [0.05, 0.1) is 16.1 Å². The summed E-state index contributed by atoms with van der Waals surface area (Å²) in [4.78, 5) is 3.47. The van der Waals surface area contributed by atoms with E-state index in [2.05, 4.69) is 4.98 Å². The summed E-state index contributed by atoms with van der Waals surface area (Å²) >= 11 is 10.8. The van der Waals surface area contributed by atoms with E-state index in [9.17, 15) is 8.78 Å². The van der Waals surface area contributed by atoms with Gasteiger partial charge in [-0.05, 0) is 0 Å². The minimum Gasteiger partial charge on any atom is -0.242 e. The van der Waals surface area contributed by atoms with Gasteiger partial charge in [-0.25, -0.2) is 13.8 Å². The number of alkyl halides is 2. The lowest BCUT2D eigenvalue weighted by molar-refractivity contribution is 0.151. The predicted octanol–water partition coefficient (Wildman–Crippen LogP) is 3.20. The molecule has 0 saturated carbocycles. The molecule has 2 nitrogen and oxygen atoms in total. The highest BCUT2D eigenvalue weighted by Crippen LogP contribution is 2.33. The Balaban J connectivity index is 3.43. The fourth-order valence-electron chi connectivity index (χ4n) is 0.779.